The zero-order valence-electron chi connectivity index (χ0n) is 31.7. The van der Waals surface area contributed by atoms with Gasteiger partial charge in [0.2, 0.25) is 0 Å². The molecule has 0 saturated heterocycles. The molecule has 0 radical (unpaired) electrons. The fourth-order valence-corrected chi connectivity index (χ4v) is 9.43. The van der Waals surface area contributed by atoms with Crippen molar-refractivity contribution < 1.29 is 9.47 Å². The molecule has 2 aliphatic rings. The molecular formula is C54H33N3O2. The van der Waals surface area contributed by atoms with Crippen LogP contribution in [0.15, 0.2) is 200 Å². The molecule has 2 aliphatic heterocycles. The van der Waals surface area contributed by atoms with E-state index in [0.717, 1.165) is 73.5 Å². The minimum atomic E-state index is 0.756. The third kappa shape index (κ3) is 4.73. The number of nitrogens with zero attached hydrogens (tertiary/aromatic N) is 3. The van der Waals surface area contributed by atoms with Gasteiger partial charge in [-0.25, -0.2) is 0 Å². The summed E-state index contributed by atoms with van der Waals surface area (Å²) in [7, 11) is 0. The van der Waals surface area contributed by atoms with Crippen LogP contribution in [0.3, 0.4) is 0 Å². The molecule has 11 aromatic rings. The van der Waals surface area contributed by atoms with Gasteiger partial charge in [-0.15, -0.1) is 0 Å². The Labute approximate surface area is 339 Å². The van der Waals surface area contributed by atoms with E-state index in [9.17, 15) is 0 Å². The second-order valence-corrected chi connectivity index (χ2v) is 15.3. The van der Waals surface area contributed by atoms with Gasteiger partial charge in [-0.3, -0.25) is 4.90 Å². The zero-order chi connectivity index (χ0) is 38.6. The summed E-state index contributed by atoms with van der Waals surface area (Å²) in [6, 6.07) is 71.2. The van der Waals surface area contributed by atoms with Gasteiger partial charge in [-0.1, -0.05) is 127 Å². The molecule has 0 saturated carbocycles. The Kier molecular flexibility index (Phi) is 6.66. The van der Waals surface area contributed by atoms with Crippen molar-refractivity contribution in [1.29, 1.82) is 0 Å². The van der Waals surface area contributed by atoms with Crippen LogP contribution >= 0.6 is 0 Å². The SMILES string of the molecule is c1ccc(-c2ccc3c4ccccc4n(-c4ccc5c(c4)Oc4cccc6c4N5c4ccc(-n5c7ccccc7c7ccc(-c8ccccc8)cc75)cc4O6)c3c2)cc1. The first kappa shape index (κ1) is 32.1. The van der Waals surface area contributed by atoms with E-state index >= 15 is 0 Å². The molecule has 2 aromatic heterocycles. The van der Waals surface area contributed by atoms with E-state index in [2.05, 4.69) is 196 Å². The van der Waals surface area contributed by atoms with Crippen molar-refractivity contribution in [2.45, 2.75) is 0 Å². The van der Waals surface area contributed by atoms with Crippen molar-refractivity contribution in [3.63, 3.8) is 0 Å². The quantitative estimate of drug-likeness (QED) is 0.179. The van der Waals surface area contributed by atoms with Gasteiger partial charge in [0.1, 0.15) is 5.69 Å². The summed E-state index contributed by atoms with van der Waals surface area (Å²) in [5.41, 5.74) is 14.2. The Morgan fingerprint density at radius 2 is 0.729 bits per heavy atom. The first-order valence-corrected chi connectivity index (χ1v) is 20.0. The van der Waals surface area contributed by atoms with Gasteiger partial charge >= 0.3 is 0 Å². The number of aromatic nitrogens is 2. The molecule has 0 unspecified atom stereocenters. The lowest BCUT2D eigenvalue weighted by Crippen LogP contribution is -2.20. The summed E-state index contributed by atoms with van der Waals surface area (Å²) in [6.07, 6.45) is 0. The summed E-state index contributed by atoms with van der Waals surface area (Å²) in [5.74, 6) is 3.08. The van der Waals surface area contributed by atoms with E-state index in [1.807, 2.05) is 18.2 Å². The first-order valence-electron chi connectivity index (χ1n) is 20.0. The molecule has 5 heteroatoms. The highest BCUT2D eigenvalue weighted by Gasteiger charge is 2.35. The van der Waals surface area contributed by atoms with E-state index in [4.69, 9.17) is 9.47 Å². The van der Waals surface area contributed by atoms with Gasteiger partial charge in [-0.2, -0.15) is 0 Å². The maximum Gasteiger partial charge on any atom is 0.155 e. The molecule has 0 aliphatic carbocycles. The zero-order valence-corrected chi connectivity index (χ0v) is 31.7. The molecule has 0 amide bonds. The molecular weight excluding hydrogens is 723 g/mol. The third-order valence-electron chi connectivity index (χ3n) is 12.1. The molecule has 0 atom stereocenters. The number of ether oxygens (including phenoxy) is 2. The summed E-state index contributed by atoms with van der Waals surface area (Å²) < 4.78 is 18.3. The fraction of sp³-hybridized carbons (Fsp3) is 0. The van der Waals surface area contributed by atoms with Crippen molar-refractivity contribution in [3.05, 3.63) is 200 Å². The Morgan fingerprint density at radius 3 is 1.22 bits per heavy atom. The lowest BCUT2D eigenvalue weighted by molar-refractivity contribution is 0.446. The Bertz CT molecular complexity index is 3280. The van der Waals surface area contributed by atoms with Gasteiger partial charge in [0, 0.05) is 33.7 Å². The van der Waals surface area contributed by atoms with E-state index in [-0.39, 0.29) is 0 Å². The van der Waals surface area contributed by atoms with E-state index in [1.54, 1.807) is 0 Å². The monoisotopic (exact) mass is 755 g/mol. The summed E-state index contributed by atoms with van der Waals surface area (Å²) >= 11 is 0. The number of hydrogen-bond acceptors (Lipinski definition) is 3. The van der Waals surface area contributed by atoms with Gasteiger partial charge < -0.3 is 18.6 Å². The second-order valence-electron chi connectivity index (χ2n) is 15.3. The molecule has 59 heavy (non-hydrogen) atoms. The minimum absolute atomic E-state index is 0.756. The van der Waals surface area contributed by atoms with Crippen LogP contribution in [0.4, 0.5) is 17.1 Å². The molecule has 0 fully saturated rings. The number of fused-ring (bicyclic) bond motifs is 10. The Balaban J connectivity index is 0.968. The Hall–Kier alpha value is -8.02. The predicted molar refractivity (Wildman–Crippen MR) is 241 cm³/mol. The highest BCUT2D eigenvalue weighted by Crippen LogP contribution is 2.60. The van der Waals surface area contributed by atoms with Crippen molar-refractivity contribution in [2.75, 3.05) is 4.90 Å². The number of benzene rings is 9. The van der Waals surface area contributed by atoms with Crippen molar-refractivity contribution >= 4 is 60.7 Å². The average molecular weight is 756 g/mol. The highest BCUT2D eigenvalue weighted by molar-refractivity contribution is 6.11. The number of para-hydroxylation sites is 3. The van der Waals surface area contributed by atoms with E-state index < -0.39 is 0 Å². The fourth-order valence-electron chi connectivity index (χ4n) is 9.43. The lowest BCUT2D eigenvalue weighted by atomic mass is 10.0. The predicted octanol–water partition coefficient (Wildman–Crippen LogP) is 14.9. The van der Waals surface area contributed by atoms with Crippen LogP contribution in [0, 0.1) is 0 Å². The largest absolute Gasteiger partial charge is 0.453 e. The van der Waals surface area contributed by atoms with Crippen LogP contribution in [0.2, 0.25) is 0 Å². The molecule has 0 bridgehead atoms. The number of anilines is 3. The van der Waals surface area contributed by atoms with Crippen LogP contribution in [0.25, 0.3) is 77.2 Å². The smallest absolute Gasteiger partial charge is 0.155 e. The maximum absolute atomic E-state index is 6.78. The van der Waals surface area contributed by atoms with Crippen LogP contribution in [-0.2, 0) is 0 Å². The van der Waals surface area contributed by atoms with Crippen molar-refractivity contribution in [1.82, 2.24) is 9.13 Å². The summed E-state index contributed by atoms with van der Waals surface area (Å²) in [4.78, 5) is 2.30. The third-order valence-corrected chi connectivity index (χ3v) is 12.1. The van der Waals surface area contributed by atoms with Gasteiger partial charge in [0.05, 0.1) is 44.8 Å². The second kappa shape index (κ2) is 12.2. The van der Waals surface area contributed by atoms with Crippen LogP contribution < -0.4 is 14.4 Å². The molecule has 0 N–H and O–H groups in total. The van der Waals surface area contributed by atoms with Crippen molar-refractivity contribution in [3.8, 4) is 56.6 Å². The Morgan fingerprint density at radius 1 is 0.288 bits per heavy atom. The normalized spacial score (nSPS) is 12.6. The average Bonchev–Trinajstić information content (AvgIpc) is 3.81. The molecule has 5 nitrogen and oxygen atoms in total. The molecule has 13 rings (SSSR count). The van der Waals surface area contributed by atoms with E-state index in [1.165, 1.54) is 43.8 Å². The lowest BCUT2D eigenvalue weighted by Gasteiger charge is -2.38. The van der Waals surface area contributed by atoms with Gasteiger partial charge in [0.15, 0.2) is 23.0 Å². The highest BCUT2D eigenvalue weighted by atomic mass is 16.5. The molecule has 0 spiro atoms. The molecule has 9 aromatic carbocycles. The first-order chi connectivity index (χ1) is 29.2. The standard InChI is InChI=1S/C54H33N3O2/c1-3-12-34(13-4-1)36-22-26-42-40-16-7-9-18-44(40)55(48(42)30-36)38-24-28-46-52(32-38)58-50-20-11-21-51-54(50)57(46)47-29-25-39(33-53(47)59-51)56-45-19-10-8-17-41(45)43-27-23-37(31-49(43)56)35-14-5-2-6-15-35/h1-33H. The number of hydrogen-bond donors (Lipinski definition) is 0. The van der Waals surface area contributed by atoms with Crippen LogP contribution in [0.1, 0.15) is 0 Å². The molecule has 4 heterocycles. The van der Waals surface area contributed by atoms with E-state index in [0.29, 0.717) is 0 Å². The van der Waals surface area contributed by atoms with Crippen LogP contribution in [-0.4, -0.2) is 9.13 Å². The van der Waals surface area contributed by atoms with Gasteiger partial charge in [-0.05, 0) is 82.9 Å². The summed E-state index contributed by atoms with van der Waals surface area (Å²) in [6.45, 7) is 0. The summed E-state index contributed by atoms with van der Waals surface area (Å²) in [5, 5.41) is 4.86. The van der Waals surface area contributed by atoms with Crippen LogP contribution in [0.5, 0.6) is 23.0 Å². The maximum atomic E-state index is 6.78. The minimum Gasteiger partial charge on any atom is -0.453 e. The molecule has 276 valence electrons. The van der Waals surface area contributed by atoms with Gasteiger partial charge in [0.25, 0.3) is 0 Å². The van der Waals surface area contributed by atoms with Crippen molar-refractivity contribution in [2.24, 2.45) is 0 Å². The number of rotatable bonds is 4. The topological polar surface area (TPSA) is 31.6 Å².